The summed E-state index contributed by atoms with van der Waals surface area (Å²) >= 11 is 4.33. The highest BCUT2D eigenvalue weighted by Gasteiger charge is 2.29. The molecule has 0 aliphatic carbocycles. The van der Waals surface area contributed by atoms with Gasteiger partial charge in [-0.15, -0.1) is 0 Å². The summed E-state index contributed by atoms with van der Waals surface area (Å²) in [5, 5.41) is 0. The Bertz CT molecular complexity index is 629. The third-order valence-corrected chi connectivity index (χ3v) is 7.34. The van der Waals surface area contributed by atoms with Crippen LogP contribution in [-0.2, 0) is 10.0 Å². The molecule has 1 heterocycles. The Labute approximate surface area is 164 Å². The summed E-state index contributed by atoms with van der Waals surface area (Å²) in [5.74, 6) is 1.21. The number of unbranched alkanes of at least 4 members (excludes halogenated alkanes) is 1. The molecule has 1 aromatic rings. The van der Waals surface area contributed by atoms with E-state index in [-0.39, 0.29) is 6.04 Å². The zero-order chi connectivity index (χ0) is 19.0. The maximum absolute atomic E-state index is 13.1. The number of thiol groups is 1. The van der Waals surface area contributed by atoms with E-state index in [4.69, 9.17) is 4.74 Å². The van der Waals surface area contributed by atoms with Gasteiger partial charge in [-0.1, -0.05) is 13.3 Å². The first-order chi connectivity index (χ1) is 12.5. The summed E-state index contributed by atoms with van der Waals surface area (Å²) < 4.78 is 33.5. The standard InChI is InChI=1S/C19H32N2O3S2/c1-3-4-15-24-18-7-9-19(10-8-18)26(22,23)21(17(2)16-25)14-13-20-11-5-6-12-20/h7-10,17,25H,3-6,11-16H2,1-2H3/t17-/m1/s1. The lowest BCUT2D eigenvalue weighted by Gasteiger charge is -2.29. The number of sulfonamides is 1. The van der Waals surface area contributed by atoms with Crippen LogP contribution in [0.3, 0.4) is 0 Å². The van der Waals surface area contributed by atoms with Crippen LogP contribution in [0.2, 0.25) is 0 Å². The second kappa shape index (κ2) is 10.5. The summed E-state index contributed by atoms with van der Waals surface area (Å²) in [6.45, 7) is 8.07. The fourth-order valence-electron chi connectivity index (χ4n) is 3.09. The van der Waals surface area contributed by atoms with Gasteiger partial charge in [-0.3, -0.25) is 0 Å². The highest BCUT2D eigenvalue weighted by atomic mass is 32.2. The Kier molecular flexibility index (Phi) is 8.73. The van der Waals surface area contributed by atoms with Crippen LogP contribution in [0.5, 0.6) is 5.75 Å². The molecule has 0 bridgehead atoms. The van der Waals surface area contributed by atoms with E-state index in [1.807, 2.05) is 6.92 Å². The smallest absolute Gasteiger partial charge is 0.243 e. The maximum Gasteiger partial charge on any atom is 0.243 e. The first-order valence-electron chi connectivity index (χ1n) is 9.57. The van der Waals surface area contributed by atoms with E-state index < -0.39 is 10.0 Å². The number of hydrogen-bond acceptors (Lipinski definition) is 5. The van der Waals surface area contributed by atoms with Gasteiger partial charge in [0.15, 0.2) is 0 Å². The summed E-state index contributed by atoms with van der Waals surface area (Å²) in [4.78, 5) is 2.65. The van der Waals surface area contributed by atoms with Gasteiger partial charge in [-0.2, -0.15) is 16.9 Å². The van der Waals surface area contributed by atoms with Crippen LogP contribution in [0.25, 0.3) is 0 Å². The van der Waals surface area contributed by atoms with Gasteiger partial charge in [0.25, 0.3) is 0 Å². The Morgan fingerprint density at radius 2 is 1.88 bits per heavy atom. The van der Waals surface area contributed by atoms with Crippen molar-refractivity contribution in [1.29, 1.82) is 0 Å². The molecule has 2 rings (SSSR count). The van der Waals surface area contributed by atoms with Gasteiger partial charge in [-0.05, 0) is 63.5 Å². The minimum absolute atomic E-state index is 0.147. The molecular weight excluding hydrogens is 368 g/mol. The van der Waals surface area contributed by atoms with Crippen molar-refractivity contribution in [3.8, 4) is 5.75 Å². The zero-order valence-electron chi connectivity index (χ0n) is 15.9. The van der Waals surface area contributed by atoms with Crippen molar-refractivity contribution in [1.82, 2.24) is 9.21 Å². The monoisotopic (exact) mass is 400 g/mol. The molecule has 0 aromatic heterocycles. The highest BCUT2D eigenvalue weighted by molar-refractivity contribution is 7.89. The molecule has 0 unspecified atom stereocenters. The third kappa shape index (κ3) is 5.87. The Morgan fingerprint density at radius 1 is 1.23 bits per heavy atom. The first kappa shape index (κ1) is 21.5. The number of ether oxygens (including phenoxy) is 1. The summed E-state index contributed by atoms with van der Waals surface area (Å²) in [5.41, 5.74) is 0. The van der Waals surface area contributed by atoms with Crippen molar-refractivity contribution in [2.75, 3.05) is 38.5 Å². The molecule has 0 N–H and O–H groups in total. The van der Waals surface area contributed by atoms with Crippen molar-refractivity contribution in [3.05, 3.63) is 24.3 Å². The molecule has 0 amide bonds. The predicted molar refractivity (Wildman–Crippen MR) is 110 cm³/mol. The zero-order valence-corrected chi connectivity index (χ0v) is 17.6. The average molecular weight is 401 g/mol. The number of rotatable bonds is 11. The molecule has 1 aliphatic rings. The van der Waals surface area contributed by atoms with Gasteiger partial charge in [0.05, 0.1) is 11.5 Å². The van der Waals surface area contributed by atoms with E-state index in [0.717, 1.165) is 32.5 Å². The largest absolute Gasteiger partial charge is 0.494 e. The average Bonchev–Trinajstić information content (AvgIpc) is 3.15. The van der Waals surface area contributed by atoms with E-state index in [9.17, 15) is 8.42 Å². The molecular formula is C19H32N2O3S2. The maximum atomic E-state index is 13.1. The van der Waals surface area contributed by atoms with E-state index in [1.165, 1.54) is 12.8 Å². The third-order valence-electron chi connectivity index (χ3n) is 4.79. The molecule has 1 saturated heterocycles. The minimum atomic E-state index is -3.54. The van der Waals surface area contributed by atoms with Crippen LogP contribution in [0.4, 0.5) is 0 Å². The molecule has 7 heteroatoms. The molecule has 0 spiro atoms. The van der Waals surface area contributed by atoms with E-state index in [0.29, 0.717) is 29.5 Å². The quantitative estimate of drug-likeness (QED) is 0.457. The molecule has 1 fully saturated rings. The number of nitrogens with zero attached hydrogens (tertiary/aromatic N) is 2. The van der Waals surface area contributed by atoms with Crippen LogP contribution in [-0.4, -0.2) is 62.2 Å². The van der Waals surface area contributed by atoms with Crippen molar-refractivity contribution < 1.29 is 13.2 Å². The predicted octanol–water partition coefficient (Wildman–Crippen LogP) is 3.27. The van der Waals surface area contributed by atoms with E-state index in [2.05, 4.69) is 24.5 Å². The Morgan fingerprint density at radius 3 is 2.46 bits per heavy atom. The molecule has 1 aromatic carbocycles. The fraction of sp³-hybridized carbons (Fsp3) is 0.684. The molecule has 1 atom stereocenters. The van der Waals surface area contributed by atoms with Crippen LogP contribution in [0, 0.1) is 0 Å². The molecule has 148 valence electrons. The molecule has 0 radical (unpaired) electrons. The van der Waals surface area contributed by atoms with Gasteiger partial charge in [-0.25, -0.2) is 8.42 Å². The second-order valence-electron chi connectivity index (χ2n) is 6.87. The van der Waals surface area contributed by atoms with Crippen LogP contribution < -0.4 is 4.74 Å². The van der Waals surface area contributed by atoms with Crippen LogP contribution >= 0.6 is 12.6 Å². The molecule has 26 heavy (non-hydrogen) atoms. The van der Waals surface area contributed by atoms with Crippen LogP contribution in [0.1, 0.15) is 39.5 Å². The number of hydrogen-bond donors (Lipinski definition) is 1. The Balaban J connectivity index is 2.08. The van der Waals surface area contributed by atoms with Gasteiger partial charge < -0.3 is 9.64 Å². The number of likely N-dealkylation sites (tertiary alicyclic amines) is 1. The van der Waals surface area contributed by atoms with E-state index in [1.54, 1.807) is 28.6 Å². The molecule has 0 saturated carbocycles. The van der Waals surface area contributed by atoms with Gasteiger partial charge in [0, 0.05) is 24.9 Å². The summed E-state index contributed by atoms with van der Waals surface area (Å²) in [7, 11) is -3.54. The topological polar surface area (TPSA) is 49.9 Å². The van der Waals surface area contributed by atoms with Crippen molar-refractivity contribution in [2.45, 2.75) is 50.5 Å². The van der Waals surface area contributed by atoms with Gasteiger partial charge in [0.1, 0.15) is 5.75 Å². The summed E-state index contributed by atoms with van der Waals surface area (Å²) in [6, 6.07) is 6.63. The number of benzene rings is 1. The fourth-order valence-corrected chi connectivity index (χ4v) is 5.02. The van der Waals surface area contributed by atoms with Crippen LogP contribution in [0.15, 0.2) is 29.2 Å². The van der Waals surface area contributed by atoms with E-state index >= 15 is 0 Å². The Hall–Kier alpha value is -0.760. The molecule has 1 aliphatic heterocycles. The van der Waals surface area contributed by atoms with Gasteiger partial charge in [0.2, 0.25) is 10.0 Å². The van der Waals surface area contributed by atoms with Crippen molar-refractivity contribution in [2.24, 2.45) is 0 Å². The minimum Gasteiger partial charge on any atom is -0.494 e. The SMILES string of the molecule is CCCCOc1ccc(S(=O)(=O)N(CCN2CCCC2)[C@H](C)CS)cc1. The lowest BCUT2D eigenvalue weighted by atomic mass is 10.3. The van der Waals surface area contributed by atoms with Crippen molar-refractivity contribution in [3.63, 3.8) is 0 Å². The normalized spacial score (nSPS) is 16.9. The van der Waals surface area contributed by atoms with Gasteiger partial charge >= 0.3 is 0 Å². The highest BCUT2D eigenvalue weighted by Crippen LogP contribution is 2.22. The van der Waals surface area contributed by atoms with Crippen molar-refractivity contribution >= 4 is 22.7 Å². The first-order valence-corrected chi connectivity index (χ1v) is 11.6. The summed E-state index contributed by atoms with van der Waals surface area (Å²) in [6.07, 6.45) is 4.46. The lowest BCUT2D eigenvalue weighted by Crippen LogP contribution is -2.43. The second-order valence-corrected chi connectivity index (χ2v) is 9.13. The lowest BCUT2D eigenvalue weighted by molar-refractivity contribution is 0.275. The molecule has 5 nitrogen and oxygen atoms in total.